The first-order valence-corrected chi connectivity index (χ1v) is 15.8. The molecule has 1 aromatic carbocycles. The lowest BCUT2D eigenvalue weighted by atomic mass is 10.0. The molecule has 0 unspecified atom stereocenters. The largest absolute Gasteiger partial charge is 0.335 e. The molecule has 0 saturated carbocycles. The Kier molecular flexibility index (Phi) is 7.84. The number of hydrogen-bond donors (Lipinski definition) is 4. The monoisotopic (exact) mass is 613 g/mol. The molecule has 224 valence electrons. The number of nitrogens with zero attached hydrogens (tertiary/aromatic N) is 5. The standard InChI is InChI=1S/C30H28FN9O3S/c1-3-4-5-25(41)35-21-13-19(15-32-16-21)23-6-7-24-27(36-23)28(40-39-24)30-37-26-22(8-9-33-29(26)38-30)18-10-17(11-20(31)12-18)14-34-44(2,42)43/h6-13,15-16,34H,3-5,14H2,1-2H3,(H,35,41)(H,39,40)(H,33,37,38). The number of aromatic amines is 2. The Hall–Kier alpha value is -5.08. The van der Waals surface area contributed by atoms with E-state index in [1.54, 1.807) is 30.7 Å². The number of imidazole rings is 1. The highest BCUT2D eigenvalue weighted by molar-refractivity contribution is 7.88. The summed E-state index contributed by atoms with van der Waals surface area (Å²) >= 11 is 0. The molecule has 4 N–H and O–H groups in total. The highest BCUT2D eigenvalue weighted by Gasteiger charge is 2.18. The van der Waals surface area contributed by atoms with Crippen molar-refractivity contribution in [2.45, 2.75) is 32.7 Å². The fraction of sp³-hybridized carbons (Fsp3) is 0.200. The van der Waals surface area contributed by atoms with Crippen LogP contribution in [0.2, 0.25) is 0 Å². The highest BCUT2D eigenvalue weighted by Crippen LogP contribution is 2.32. The van der Waals surface area contributed by atoms with Gasteiger partial charge in [-0.25, -0.2) is 32.5 Å². The first-order valence-electron chi connectivity index (χ1n) is 13.9. The van der Waals surface area contributed by atoms with Crippen molar-refractivity contribution in [2.75, 3.05) is 11.6 Å². The van der Waals surface area contributed by atoms with Crippen LogP contribution in [0.1, 0.15) is 31.7 Å². The van der Waals surface area contributed by atoms with Crippen LogP contribution in [0.3, 0.4) is 0 Å². The lowest BCUT2D eigenvalue weighted by molar-refractivity contribution is -0.116. The van der Waals surface area contributed by atoms with Gasteiger partial charge in [0, 0.05) is 36.5 Å². The molecule has 0 aliphatic carbocycles. The Balaban J connectivity index is 1.35. The van der Waals surface area contributed by atoms with Crippen molar-refractivity contribution < 1.29 is 17.6 Å². The van der Waals surface area contributed by atoms with Crippen LogP contribution in [-0.2, 0) is 21.4 Å². The number of aromatic nitrogens is 7. The van der Waals surface area contributed by atoms with Gasteiger partial charge in [0.05, 0.1) is 34.9 Å². The van der Waals surface area contributed by atoms with E-state index in [-0.39, 0.29) is 12.5 Å². The van der Waals surface area contributed by atoms with Crippen molar-refractivity contribution in [3.05, 3.63) is 72.4 Å². The molecule has 1 amide bonds. The molecule has 0 spiro atoms. The molecule has 5 heterocycles. The van der Waals surface area contributed by atoms with Crippen LogP contribution in [0, 0.1) is 5.82 Å². The minimum atomic E-state index is -3.45. The van der Waals surface area contributed by atoms with Gasteiger partial charge in [-0.3, -0.25) is 14.9 Å². The molecule has 0 fully saturated rings. The van der Waals surface area contributed by atoms with Crippen LogP contribution in [0.25, 0.3) is 56.1 Å². The van der Waals surface area contributed by atoms with Crippen molar-refractivity contribution in [3.8, 4) is 33.9 Å². The molecule has 0 saturated heterocycles. The second kappa shape index (κ2) is 11.9. The van der Waals surface area contributed by atoms with Gasteiger partial charge in [0.1, 0.15) is 11.3 Å². The summed E-state index contributed by atoms with van der Waals surface area (Å²) in [7, 11) is -3.45. The number of carbonyl (C=O) groups is 1. The summed E-state index contributed by atoms with van der Waals surface area (Å²) in [6.07, 6.45) is 8.07. The maximum absolute atomic E-state index is 14.6. The van der Waals surface area contributed by atoms with E-state index in [0.717, 1.165) is 19.1 Å². The van der Waals surface area contributed by atoms with Crippen LogP contribution in [0.4, 0.5) is 10.1 Å². The number of halogens is 1. The lowest BCUT2D eigenvalue weighted by Gasteiger charge is -2.08. The molecule has 0 atom stereocenters. The Morgan fingerprint density at radius 3 is 2.73 bits per heavy atom. The predicted molar refractivity (Wildman–Crippen MR) is 165 cm³/mol. The number of rotatable bonds is 10. The van der Waals surface area contributed by atoms with Gasteiger partial charge < -0.3 is 10.3 Å². The zero-order chi connectivity index (χ0) is 30.8. The average molecular weight is 614 g/mol. The molecule has 44 heavy (non-hydrogen) atoms. The minimum Gasteiger partial charge on any atom is -0.335 e. The average Bonchev–Trinajstić information content (AvgIpc) is 3.62. The van der Waals surface area contributed by atoms with Crippen LogP contribution >= 0.6 is 0 Å². The third kappa shape index (κ3) is 6.31. The van der Waals surface area contributed by atoms with Crippen molar-refractivity contribution in [1.29, 1.82) is 0 Å². The summed E-state index contributed by atoms with van der Waals surface area (Å²) in [5.41, 5.74) is 6.19. The predicted octanol–water partition coefficient (Wildman–Crippen LogP) is 4.94. The third-order valence-electron chi connectivity index (χ3n) is 6.91. The van der Waals surface area contributed by atoms with Crippen LogP contribution in [-0.4, -0.2) is 55.7 Å². The SMILES string of the molecule is CCCCC(=O)Nc1cncc(-c2ccc3[nH]nc(-c4nc5nccc(-c6cc(F)cc(CNS(C)(=O)=O)c6)c5[nH]4)c3n2)c1. The zero-order valence-corrected chi connectivity index (χ0v) is 24.7. The van der Waals surface area contributed by atoms with E-state index in [1.807, 2.05) is 25.1 Å². The van der Waals surface area contributed by atoms with Crippen molar-refractivity contribution in [3.63, 3.8) is 0 Å². The number of fused-ring (bicyclic) bond motifs is 2. The number of pyridine rings is 3. The van der Waals surface area contributed by atoms with E-state index >= 15 is 0 Å². The third-order valence-corrected chi connectivity index (χ3v) is 7.58. The highest BCUT2D eigenvalue weighted by atomic mass is 32.2. The quantitative estimate of drug-likeness (QED) is 0.168. The number of sulfonamides is 1. The van der Waals surface area contributed by atoms with Gasteiger partial charge in [-0.2, -0.15) is 5.10 Å². The summed E-state index contributed by atoms with van der Waals surface area (Å²) < 4.78 is 40.1. The molecule has 12 nitrogen and oxygen atoms in total. The fourth-order valence-electron chi connectivity index (χ4n) is 4.82. The summed E-state index contributed by atoms with van der Waals surface area (Å²) in [6.45, 7) is 1.98. The molecular formula is C30H28FN9O3S. The summed E-state index contributed by atoms with van der Waals surface area (Å²) in [6, 6.07) is 11.6. The van der Waals surface area contributed by atoms with Crippen molar-refractivity contribution in [2.24, 2.45) is 0 Å². The molecule has 0 aliphatic rings. The normalized spacial score (nSPS) is 11.8. The molecule has 6 rings (SSSR count). The molecule has 6 aromatic rings. The van der Waals surface area contributed by atoms with E-state index in [4.69, 9.17) is 4.98 Å². The maximum atomic E-state index is 14.6. The number of amides is 1. The smallest absolute Gasteiger partial charge is 0.224 e. The number of anilines is 1. The van der Waals surface area contributed by atoms with Gasteiger partial charge in [0.2, 0.25) is 15.9 Å². The van der Waals surface area contributed by atoms with Crippen LogP contribution in [0.5, 0.6) is 0 Å². The number of benzene rings is 1. The summed E-state index contributed by atoms with van der Waals surface area (Å²) in [5, 5.41) is 10.3. The van der Waals surface area contributed by atoms with Crippen molar-refractivity contribution >= 4 is 43.8 Å². The van der Waals surface area contributed by atoms with E-state index < -0.39 is 15.8 Å². The molecule has 14 heteroatoms. The Labute approximate surface area is 251 Å². The van der Waals surface area contributed by atoms with Gasteiger partial charge in [-0.05, 0) is 60.0 Å². The van der Waals surface area contributed by atoms with Gasteiger partial charge in [0.25, 0.3) is 0 Å². The van der Waals surface area contributed by atoms with Crippen molar-refractivity contribution in [1.82, 2.24) is 39.8 Å². The number of hydrogen-bond acceptors (Lipinski definition) is 8. The van der Waals surface area contributed by atoms with E-state index in [9.17, 15) is 17.6 Å². The van der Waals surface area contributed by atoms with Gasteiger partial charge in [0.15, 0.2) is 17.2 Å². The van der Waals surface area contributed by atoms with E-state index in [0.29, 0.717) is 73.8 Å². The van der Waals surface area contributed by atoms with Crippen LogP contribution < -0.4 is 10.0 Å². The van der Waals surface area contributed by atoms with Gasteiger partial charge in [-0.1, -0.05) is 13.3 Å². The van der Waals surface area contributed by atoms with Crippen LogP contribution in [0.15, 0.2) is 61.1 Å². The van der Waals surface area contributed by atoms with Gasteiger partial charge >= 0.3 is 0 Å². The Morgan fingerprint density at radius 1 is 1.05 bits per heavy atom. The van der Waals surface area contributed by atoms with E-state index in [2.05, 4.69) is 40.2 Å². The van der Waals surface area contributed by atoms with E-state index in [1.165, 1.54) is 12.1 Å². The molecular weight excluding hydrogens is 585 g/mol. The second-order valence-electron chi connectivity index (χ2n) is 10.4. The Bertz CT molecular complexity index is 2130. The lowest BCUT2D eigenvalue weighted by Crippen LogP contribution is -2.21. The molecule has 0 bridgehead atoms. The molecule has 0 aliphatic heterocycles. The first kappa shape index (κ1) is 29.0. The zero-order valence-electron chi connectivity index (χ0n) is 23.8. The Morgan fingerprint density at radius 2 is 1.91 bits per heavy atom. The van der Waals surface area contributed by atoms with Gasteiger partial charge in [-0.15, -0.1) is 0 Å². The summed E-state index contributed by atoms with van der Waals surface area (Å²) in [4.78, 5) is 33.6. The molecule has 5 aromatic heterocycles. The number of nitrogens with one attached hydrogen (secondary N) is 4. The maximum Gasteiger partial charge on any atom is 0.224 e. The fourth-order valence-corrected chi connectivity index (χ4v) is 5.25. The number of carbonyl (C=O) groups excluding carboxylic acids is 1. The first-order chi connectivity index (χ1) is 21.2. The minimum absolute atomic E-state index is 0.0526. The topological polar surface area (TPSA) is 171 Å². The number of unbranched alkanes of at least 4 members (excludes halogenated alkanes) is 1. The molecule has 0 radical (unpaired) electrons. The second-order valence-corrected chi connectivity index (χ2v) is 12.2. The summed E-state index contributed by atoms with van der Waals surface area (Å²) in [5.74, 6) is -0.169. The number of H-pyrrole nitrogens is 2.